The van der Waals surface area contributed by atoms with Crippen molar-refractivity contribution >= 4 is 10.9 Å². The van der Waals surface area contributed by atoms with Crippen LogP contribution < -0.4 is 0 Å². The molecule has 0 bridgehead atoms. The van der Waals surface area contributed by atoms with Gasteiger partial charge in [-0.25, -0.2) is 0 Å². The summed E-state index contributed by atoms with van der Waals surface area (Å²) in [6.45, 7) is 3.30. The molecule has 3 nitrogen and oxygen atoms in total. The Hall–Kier alpha value is -1.35. The minimum atomic E-state index is 0.135. The van der Waals surface area contributed by atoms with Gasteiger partial charge in [-0.05, 0) is 37.7 Å². The topological polar surface area (TPSA) is 38.0 Å². The summed E-state index contributed by atoms with van der Waals surface area (Å²) in [6, 6.07) is 8.37. The Kier molecular flexibility index (Phi) is 2.44. The fraction of sp³-hybridized carbons (Fsp3) is 0.500. The van der Waals surface area contributed by atoms with Crippen LogP contribution in [-0.4, -0.2) is 21.5 Å². The summed E-state index contributed by atoms with van der Waals surface area (Å²) in [5.74, 6) is 0. The molecule has 90 valence electrons. The van der Waals surface area contributed by atoms with Gasteiger partial charge in [-0.15, -0.1) is 0 Å². The van der Waals surface area contributed by atoms with Crippen molar-refractivity contribution in [1.29, 1.82) is 0 Å². The van der Waals surface area contributed by atoms with E-state index in [0.717, 1.165) is 31.5 Å². The van der Waals surface area contributed by atoms with E-state index in [1.165, 1.54) is 10.9 Å². The number of hydrogen-bond donors (Lipinski definition) is 1. The van der Waals surface area contributed by atoms with E-state index < -0.39 is 0 Å². The summed E-state index contributed by atoms with van der Waals surface area (Å²) in [5, 5.41) is 15.4. The summed E-state index contributed by atoms with van der Waals surface area (Å²) >= 11 is 0. The van der Waals surface area contributed by atoms with Crippen LogP contribution in [0.15, 0.2) is 24.3 Å². The highest BCUT2D eigenvalue weighted by atomic mass is 16.3. The first-order valence-corrected chi connectivity index (χ1v) is 6.33. The third-order valence-electron chi connectivity index (χ3n) is 3.87. The van der Waals surface area contributed by atoms with Crippen LogP contribution in [0.5, 0.6) is 0 Å². The highest BCUT2D eigenvalue weighted by molar-refractivity contribution is 5.82. The second-order valence-electron chi connectivity index (χ2n) is 5.11. The third kappa shape index (κ3) is 1.75. The van der Waals surface area contributed by atoms with Crippen molar-refractivity contribution in [2.24, 2.45) is 5.41 Å². The van der Waals surface area contributed by atoms with E-state index in [1.54, 1.807) is 0 Å². The Bertz CT molecular complexity index is 540. The van der Waals surface area contributed by atoms with Crippen LogP contribution in [0.25, 0.3) is 10.9 Å². The Morgan fingerprint density at radius 3 is 2.76 bits per heavy atom. The van der Waals surface area contributed by atoms with Crippen LogP contribution >= 0.6 is 0 Å². The van der Waals surface area contributed by atoms with Crippen LogP contribution in [0.2, 0.25) is 0 Å². The highest BCUT2D eigenvalue weighted by Crippen LogP contribution is 2.48. The molecular weight excluding hydrogens is 212 g/mol. The summed E-state index contributed by atoms with van der Waals surface area (Å²) in [5.41, 5.74) is 2.49. The number of benzene rings is 1. The lowest BCUT2D eigenvalue weighted by atomic mass is 9.99. The molecular formula is C14H18N2O. The molecule has 0 unspecified atom stereocenters. The number of hydrogen-bond acceptors (Lipinski definition) is 2. The molecule has 1 heterocycles. The summed E-state index contributed by atoms with van der Waals surface area (Å²) in [6.07, 6.45) is 3.19. The van der Waals surface area contributed by atoms with Crippen molar-refractivity contribution in [3.63, 3.8) is 0 Å². The fourth-order valence-electron chi connectivity index (χ4n) is 2.49. The van der Waals surface area contributed by atoms with Crippen molar-refractivity contribution in [3.8, 4) is 0 Å². The zero-order valence-corrected chi connectivity index (χ0v) is 10.2. The van der Waals surface area contributed by atoms with Crippen molar-refractivity contribution in [2.75, 3.05) is 6.61 Å². The van der Waals surface area contributed by atoms with Gasteiger partial charge in [0, 0.05) is 18.5 Å². The Balaban J connectivity index is 2.04. The molecule has 17 heavy (non-hydrogen) atoms. The molecule has 0 atom stereocenters. The number of aryl methyl sites for hydroxylation is 1. The number of rotatable bonds is 4. The molecule has 0 amide bonds. The van der Waals surface area contributed by atoms with E-state index in [-0.39, 0.29) is 5.41 Å². The van der Waals surface area contributed by atoms with E-state index >= 15 is 0 Å². The van der Waals surface area contributed by atoms with Gasteiger partial charge in [0.15, 0.2) is 0 Å². The molecule has 0 radical (unpaired) electrons. The smallest absolute Gasteiger partial charge is 0.0709 e. The van der Waals surface area contributed by atoms with E-state index in [2.05, 4.69) is 41.0 Å². The second-order valence-corrected chi connectivity index (χ2v) is 5.11. The molecule has 1 aromatic heterocycles. The fourth-order valence-corrected chi connectivity index (χ4v) is 2.49. The van der Waals surface area contributed by atoms with Gasteiger partial charge in [0.1, 0.15) is 0 Å². The Morgan fingerprint density at radius 1 is 1.35 bits per heavy atom. The first kappa shape index (κ1) is 10.8. The van der Waals surface area contributed by atoms with Gasteiger partial charge in [-0.3, -0.25) is 4.68 Å². The quantitative estimate of drug-likeness (QED) is 0.875. The lowest BCUT2D eigenvalue weighted by Crippen LogP contribution is -2.11. The van der Waals surface area contributed by atoms with Gasteiger partial charge in [-0.2, -0.15) is 5.10 Å². The predicted octanol–water partition coefficient (Wildman–Crippen LogP) is 2.37. The first-order chi connectivity index (χ1) is 8.28. The molecule has 1 N–H and O–H groups in total. The number of aliphatic hydroxyl groups excluding tert-OH is 1. The number of aromatic nitrogens is 2. The Labute approximate surface area is 101 Å². The number of nitrogens with zero attached hydrogens (tertiary/aromatic N) is 2. The predicted molar refractivity (Wildman–Crippen MR) is 67.9 cm³/mol. The van der Waals surface area contributed by atoms with Gasteiger partial charge < -0.3 is 5.11 Å². The first-order valence-electron chi connectivity index (χ1n) is 6.33. The van der Waals surface area contributed by atoms with E-state index in [4.69, 9.17) is 0 Å². The lowest BCUT2D eigenvalue weighted by molar-refractivity contribution is 0.210. The normalized spacial score (nSPS) is 17.5. The largest absolute Gasteiger partial charge is 0.396 e. The van der Waals surface area contributed by atoms with E-state index in [1.807, 2.05) is 0 Å². The maximum atomic E-state index is 9.42. The van der Waals surface area contributed by atoms with Crippen LogP contribution in [0.1, 0.15) is 25.5 Å². The number of para-hydroxylation sites is 1. The Morgan fingerprint density at radius 2 is 2.12 bits per heavy atom. The second kappa shape index (κ2) is 3.84. The third-order valence-corrected chi connectivity index (χ3v) is 3.87. The monoisotopic (exact) mass is 230 g/mol. The van der Waals surface area contributed by atoms with Crippen molar-refractivity contribution in [2.45, 2.75) is 32.7 Å². The van der Waals surface area contributed by atoms with Crippen LogP contribution in [0.3, 0.4) is 0 Å². The van der Waals surface area contributed by atoms with Crippen molar-refractivity contribution in [1.82, 2.24) is 9.78 Å². The SMILES string of the molecule is CCn1nc(CC2(CO)CC2)c2ccccc21. The molecule has 3 heteroatoms. The minimum absolute atomic E-state index is 0.135. The van der Waals surface area contributed by atoms with Gasteiger partial charge in [-0.1, -0.05) is 18.2 Å². The molecule has 1 fully saturated rings. The average molecular weight is 230 g/mol. The zero-order chi connectivity index (χ0) is 11.9. The molecule has 0 saturated heterocycles. The standard InChI is InChI=1S/C14H18N2O/c1-2-16-13-6-4-3-5-11(13)12(15-16)9-14(10-17)7-8-14/h3-6,17H,2,7-10H2,1H3. The molecule has 3 rings (SSSR count). The summed E-state index contributed by atoms with van der Waals surface area (Å²) in [4.78, 5) is 0. The zero-order valence-electron chi connectivity index (χ0n) is 10.2. The molecule has 1 saturated carbocycles. The number of fused-ring (bicyclic) bond motifs is 1. The summed E-state index contributed by atoms with van der Waals surface area (Å²) in [7, 11) is 0. The maximum absolute atomic E-state index is 9.42. The van der Waals surface area contributed by atoms with E-state index in [9.17, 15) is 5.11 Å². The average Bonchev–Trinajstić information content (AvgIpc) is 3.06. The molecule has 1 aliphatic carbocycles. The summed E-state index contributed by atoms with van der Waals surface area (Å²) < 4.78 is 2.05. The number of aliphatic hydroxyl groups is 1. The lowest BCUT2D eigenvalue weighted by Gasteiger charge is -2.08. The van der Waals surface area contributed by atoms with Crippen LogP contribution in [0.4, 0.5) is 0 Å². The molecule has 2 aromatic rings. The molecule has 1 aliphatic rings. The van der Waals surface area contributed by atoms with Crippen LogP contribution in [-0.2, 0) is 13.0 Å². The van der Waals surface area contributed by atoms with Crippen molar-refractivity contribution in [3.05, 3.63) is 30.0 Å². The van der Waals surface area contributed by atoms with Crippen molar-refractivity contribution < 1.29 is 5.11 Å². The van der Waals surface area contributed by atoms with Crippen LogP contribution in [0, 0.1) is 5.41 Å². The highest BCUT2D eigenvalue weighted by Gasteiger charge is 2.42. The molecule has 0 spiro atoms. The molecule has 0 aliphatic heterocycles. The van der Waals surface area contributed by atoms with Gasteiger partial charge >= 0.3 is 0 Å². The van der Waals surface area contributed by atoms with Gasteiger partial charge in [0.25, 0.3) is 0 Å². The molecule has 1 aromatic carbocycles. The van der Waals surface area contributed by atoms with Gasteiger partial charge in [0.05, 0.1) is 11.2 Å². The minimum Gasteiger partial charge on any atom is -0.396 e. The van der Waals surface area contributed by atoms with Gasteiger partial charge in [0.2, 0.25) is 0 Å². The maximum Gasteiger partial charge on any atom is 0.0709 e. The van der Waals surface area contributed by atoms with E-state index in [0.29, 0.717) is 6.61 Å².